The van der Waals surface area contributed by atoms with Gasteiger partial charge in [-0.2, -0.15) is 0 Å². The monoisotopic (exact) mass is 207 g/mol. The molecule has 0 amide bonds. The van der Waals surface area contributed by atoms with Crippen molar-refractivity contribution < 1.29 is 4.52 Å². The van der Waals surface area contributed by atoms with Crippen LogP contribution in [0.3, 0.4) is 0 Å². The Kier molecular flexibility index (Phi) is 2.25. The lowest BCUT2D eigenvalue weighted by Crippen LogP contribution is -2.27. The molecule has 0 radical (unpaired) electrons. The summed E-state index contributed by atoms with van der Waals surface area (Å²) in [7, 11) is 2.20. The number of aromatic nitrogens is 1. The Hall–Kier alpha value is -0.870. The molecule has 0 aromatic carbocycles. The van der Waals surface area contributed by atoms with Crippen LogP contribution in [0.1, 0.15) is 29.9 Å². The number of fused-ring (bicyclic) bond motifs is 1. The van der Waals surface area contributed by atoms with E-state index in [0.29, 0.717) is 6.04 Å². The highest BCUT2D eigenvalue weighted by atomic mass is 16.5. The van der Waals surface area contributed by atoms with Gasteiger partial charge in [-0.05, 0) is 26.4 Å². The van der Waals surface area contributed by atoms with Crippen LogP contribution in [0.25, 0.3) is 0 Å². The van der Waals surface area contributed by atoms with Crippen molar-refractivity contribution in [3.8, 4) is 0 Å². The second-order valence-electron chi connectivity index (χ2n) is 4.62. The first-order valence-electron chi connectivity index (χ1n) is 5.72. The fourth-order valence-corrected chi connectivity index (χ4v) is 2.64. The summed E-state index contributed by atoms with van der Waals surface area (Å²) >= 11 is 0. The number of likely N-dealkylation sites (N-methyl/N-ethyl adjacent to an activating group) is 1. The summed E-state index contributed by atoms with van der Waals surface area (Å²) in [5, 5.41) is 7.42. The molecule has 1 aromatic heterocycles. The van der Waals surface area contributed by atoms with Gasteiger partial charge >= 0.3 is 0 Å². The minimum Gasteiger partial charge on any atom is -0.361 e. The molecule has 2 aliphatic heterocycles. The molecule has 2 aliphatic rings. The zero-order chi connectivity index (χ0) is 10.3. The van der Waals surface area contributed by atoms with Gasteiger partial charge < -0.3 is 14.7 Å². The SMILES string of the molecule is CN1CCCC1Cc1onc2c1CNC2. The Balaban J connectivity index is 1.76. The van der Waals surface area contributed by atoms with Gasteiger partial charge in [-0.25, -0.2) is 0 Å². The van der Waals surface area contributed by atoms with E-state index in [1.807, 2.05) is 0 Å². The molecule has 1 atom stereocenters. The zero-order valence-corrected chi connectivity index (χ0v) is 9.12. The van der Waals surface area contributed by atoms with E-state index in [1.165, 1.54) is 24.9 Å². The molecule has 1 unspecified atom stereocenters. The molecule has 15 heavy (non-hydrogen) atoms. The van der Waals surface area contributed by atoms with E-state index in [-0.39, 0.29) is 0 Å². The largest absolute Gasteiger partial charge is 0.361 e. The van der Waals surface area contributed by atoms with Crippen LogP contribution in [-0.2, 0) is 19.5 Å². The molecule has 1 aromatic rings. The van der Waals surface area contributed by atoms with E-state index in [4.69, 9.17) is 4.52 Å². The second kappa shape index (κ2) is 3.61. The first-order chi connectivity index (χ1) is 7.34. The van der Waals surface area contributed by atoms with Gasteiger partial charge in [0.25, 0.3) is 0 Å². The van der Waals surface area contributed by atoms with Gasteiger partial charge in [0.15, 0.2) is 0 Å². The highest BCUT2D eigenvalue weighted by Gasteiger charge is 2.26. The van der Waals surface area contributed by atoms with E-state index in [9.17, 15) is 0 Å². The van der Waals surface area contributed by atoms with Gasteiger partial charge in [0, 0.05) is 31.1 Å². The van der Waals surface area contributed by atoms with E-state index >= 15 is 0 Å². The summed E-state index contributed by atoms with van der Waals surface area (Å²) in [6, 6.07) is 0.655. The first-order valence-corrected chi connectivity index (χ1v) is 5.72. The zero-order valence-electron chi connectivity index (χ0n) is 9.12. The molecule has 82 valence electrons. The van der Waals surface area contributed by atoms with Crippen LogP contribution in [0.5, 0.6) is 0 Å². The standard InChI is InChI=1S/C11H17N3O/c1-14-4-2-3-8(14)5-11-9-6-12-7-10(9)13-15-11/h8,12H,2-7H2,1H3. The highest BCUT2D eigenvalue weighted by Crippen LogP contribution is 2.24. The average Bonchev–Trinajstić information content (AvgIpc) is 2.86. The minimum absolute atomic E-state index is 0.655. The van der Waals surface area contributed by atoms with Crippen LogP contribution in [0, 0.1) is 0 Å². The molecule has 1 saturated heterocycles. The van der Waals surface area contributed by atoms with Crippen molar-refractivity contribution in [1.82, 2.24) is 15.4 Å². The predicted octanol–water partition coefficient (Wildman–Crippen LogP) is 0.914. The number of nitrogens with zero attached hydrogens (tertiary/aromatic N) is 2. The summed E-state index contributed by atoms with van der Waals surface area (Å²) in [6.45, 7) is 3.03. The van der Waals surface area contributed by atoms with E-state index in [2.05, 4.69) is 22.4 Å². The van der Waals surface area contributed by atoms with Gasteiger partial charge in [-0.1, -0.05) is 5.16 Å². The summed E-state index contributed by atoms with van der Waals surface area (Å²) in [5.41, 5.74) is 2.43. The highest BCUT2D eigenvalue weighted by molar-refractivity contribution is 5.27. The van der Waals surface area contributed by atoms with Crippen molar-refractivity contribution in [3.63, 3.8) is 0 Å². The molecule has 0 spiro atoms. The maximum atomic E-state index is 5.43. The summed E-state index contributed by atoms with van der Waals surface area (Å²) in [4.78, 5) is 2.43. The van der Waals surface area contributed by atoms with Crippen molar-refractivity contribution in [2.45, 2.75) is 38.4 Å². The maximum Gasteiger partial charge on any atom is 0.143 e. The normalized spacial score (nSPS) is 26.1. The topological polar surface area (TPSA) is 41.3 Å². The predicted molar refractivity (Wildman–Crippen MR) is 56.4 cm³/mol. The van der Waals surface area contributed by atoms with Crippen LogP contribution in [0.2, 0.25) is 0 Å². The molecule has 4 heteroatoms. The van der Waals surface area contributed by atoms with Crippen molar-refractivity contribution in [2.24, 2.45) is 0 Å². The van der Waals surface area contributed by atoms with Gasteiger partial charge in [0.2, 0.25) is 0 Å². The van der Waals surface area contributed by atoms with E-state index in [1.54, 1.807) is 0 Å². The number of nitrogens with one attached hydrogen (secondary N) is 1. The average molecular weight is 207 g/mol. The van der Waals surface area contributed by atoms with Crippen LogP contribution < -0.4 is 5.32 Å². The fraction of sp³-hybridized carbons (Fsp3) is 0.727. The van der Waals surface area contributed by atoms with Crippen molar-refractivity contribution in [2.75, 3.05) is 13.6 Å². The van der Waals surface area contributed by atoms with Crippen LogP contribution >= 0.6 is 0 Å². The Bertz CT molecular complexity index is 361. The molecular formula is C11H17N3O. The Labute approximate surface area is 89.6 Å². The minimum atomic E-state index is 0.655. The van der Waals surface area contributed by atoms with Crippen LogP contribution in [-0.4, -0.2) is 29.7 Å². The smallest absolute Gasteiger partial charge is 0.143 e. The van der Waals surface area contributed by atoms with Gasteiger partial charge in [0.05, 0.1) is 0 Å². The molecule has 1 fully saturated rings. The molecule has 3 rings (SSSR count). The van der Waals surface area contributed by atoms with Crippen LogP contribution in [0.4, 0.5) is 0 Å². The van der Waals surface area contributed by atoms with Gasteiger partial charge in [-0.3, -0.25) is 0 Å². The number of hydrogen-bond donors (Lipinski definition) is 1. The number of hydrogen-bond acceptors (Lipinski definition) is 4. The van der Waals surface area contributed by atoms with E-state index in [0.717, 1.165) is 31.0 Å². The van der Waals surface area contributed by atoms with Crippen LogP contribution in [0.15, 0.2) is 4.52 Å². The lowest BCUT2D eigenvalue weighted by Gasteiger charge is -2.17. The first kappa shape index (κ1) is 9.36. The third-order valence-corrected chi connectivity index (χ3v) is 3.64. The van der Waals surface area contributed by atoms with Crippen molar-refractivity contribution >= 4 is 0 Å². The number of rotatable bonds is 2. The Morgan fingerprint density at radius 2 is 2.47 bits per heavy atom. The third-order valence-electron chi connectivity index (χ3n) is 3.64. The third kappa shape index (κ3) is 1.58. The fourth-order valence-electron chi connectivity index (χ4n) is 2.64. The summed E-state index contributed by atoms with van der Waals surface area (Å²) in [6.07, 6.45) is 3.63. The molecule has 0 bridgehead atoms. The van der Waals surface area contributed by atoms with Crippen molar-refractivity contribution in [3.05, 3.63) is 17.0 Å². The molecule has 1 N–H and O–H groups in total. The quantitative estimate of drug-likeness (QED) is 0.783. The second-order valence-corrected chi connectivity index (χ2v) is 4.62. The van der Waals surface area contributed by atoms with Gasteiger partial charge in [0.1, 0.15) is 11.5 Å². The Morgan fingerprint density at radius 3 is 3.27 bits per heavy atom. The lowest BCUT2D eigenvalue weighted by molar-refractivity contribution is 0.279. The molecule has 0 aliphatic carbocycles. The summed E-state index contributed by atoms with van der Waals surface area (Å²) < 4.78 is 5.43. The number of likely N-dealkylation sites (tertiary alicyclic amines) is 1. The summed E-state index contributed by atoms with van der Waals surface area (Å²) in [5.74, 6) is 1.11. The molecular weight excluding hydrogens is 190 g/mol. The maximum absolute atomic E-state index is 5.43. The van der Waals surface area contributed by atoms with E-state index < -0.39 is 0 Å². The molecule has 0 saturated carbocycles. The van der Waals surface area contributed by atoms with Gasteiger partial charge in [-0.15, -0.1) is 0 Å². The molecule has 3 heterocycles. The lowest BCUT2D eigenvalue weighted by atomic mass is 10.1. The Morgan fingerprint density at radius 1 is 1.53 bits per heavy atom. The van der Waals surface area contributed by atoms with Crippen molar-refractivity contribution in [1.29, 1.82) is 0 Å². The molecule has 4 nitrogen and oxygen atoms in total.